The Morgan fingerprint density at radius 1 is 1.77 bits per heavy atom. The highest BCUT2D eigenvalue weighted by atomic mass is 16.8. The topological polar surface area (TPSA) is 117 Å². The predicted molar refractivity (Wildman–Crippen MR) is 40.6 cm³/mol. The molecular formula is C5H9N5O3. The highest BCUT2D eigenvalue weighted by Crippen LogP contribution is 2.06. The standard InChI is InChI=1S/C5H9N5O3/c6-8-5(11)3-9-2-4(1-7-9)10(12)13/h1-2,12-13H,3,6H2,(H,8,11). The second-order valence-corrected chi connectivity index (χ2v) is 2.25. The molecular weight excluding hydrogens is 178 g/mol. The zero-order valence-corrected chi connectivity index (χ0v) is 6.58. The number of hydrogen-bond donors (Lipinski definition) is 4. The van der Waals surface area contributed by atoms with Gasteiger partial charge in [0.1, 0.15) is 12.2 Å². The zero-order chi connectivity index (χ0) is 9.84. The van der Waals surface area contributed by atoms with Gasteiger partial charge in [0.2, 0.25) is 0 Å². The van der Waals surface area contributed by atoms with Crippen molar-refractivity contribution in [2.24, 2.45) is 5.84 Å². The summed E-state index contributed by atoms with van der Waals surface area (Å²) in [6.45, 7) is -0.0790. The molecule has 1 rings (SSSR count). The van der Waals surface area contributed by atoms with Gasteiger partial charge in [-0.15, -0.1) is 5.23 Å². The third-order valence-electron chi connectivity index (χ3n) is 1.32. The van der Waals surface area contributed by atoms with Gasteiger partial charge in [0.25, 0.3) is 5.91 Å². The summed E-state index contributed by atoms with van der Waals surface area (Å²) in [6, 6.07) is 0. The molecule has 13 heavy (non-hydrogen) atoms. The van der Waals surface area contributed by atoms with E-state index in [1.807, 2.05) is 5.43 Å². The van der Waals surface area contributed by atoms with Crippen LogP contribution in [0.1, 0.15) is 0 Å². The number of nitrogens with one attached hydrogen (secondary N) is 1. The number of rotatable bonds is 3. The van der Waals surface area contributed by atoms with Crippen molar-refractivity contribution in [2.45, 2.75) is 6.54 Å². The van der Waals surface area contributed by atoms with Crippen LogP contribution in [0.4, 0.5) is 5.69 Å². The monoisotopic (exact) mass is 187 g/mol. The number of amides is 1. The van der Waals surface area contributed by atoms with Gasteiger partial charge in [-0.25, -0.2) is 5.84 Å². The van der Waals surface area contributed by atoms with Gasteiger partial charge in [-0.1, -0.05) is 0 Å². The van der Waals surface area contributed by atoms with E-state index in [2.05, 4.69) is 5.10 Å². The second-order valence-electron chi connectivity index (χ2n) is 2.25. The largest absolute Gasteiger partial charge is 0.293 e. The Balaban J connectivity index is 2.64. The quantitative estimate of drug-likeness (QED) is 0.259. The summed E-state index contributed by atoms with van der Waals surface area (Å²) in [5.74, 6) is 4.40. The summed E-state index contributed by atoms with van der Waals surface area (Å²) in [4.78, 5) is 10.7. The molecule has 0 saturated carbocycles. The van der Waals surface area contributed by atoms with Crippen LogP contribution in [0.3, 0.4) is 0 Å². The fraction of sp³-hybridized carbons (Fsp3) is 0.200. The molecule has 0 aromatic carbocycles. The normalized spacial score (nSPS) is 9.77. The number of hydrazine groups is 1. The van der Waals surface area contributed by atoms with Crippen LogP contribution < -0.4 is 16.5 Å². The third kappa shape index (κ3) is 2.40. The van der Waals surface area contributed by atoms with E-state index in [0.717, 1.165) is 0 Å². The van der Waals surface area contributed by atoms with Crippen LogP contribution >= 0.6 is 0 Å². The van der Waals surface area contributed by atoms with E-state index in [1.54, 1.807) is 0 Å². The van der Waals surface area contributed by atoms with E-state index in [-0.39, 0.29) is 17.5 Å². The maximum Gasteiger partial charge on any atom is 0.255 e. The van der Waals surface area contributed by atoms with Gasteiger partial charge in [0.05, 0.1) is 12.4 Å². The number of anilines is 1. The SMILES string of the molecule is NNC(=O)Cn1cc(N(O)O)cn1. The van der Waals surface area contributed by atoms with Crippen molar-refractivity contribution in [3.63, 3.8) is 0 Å². The molecule has 0 aliphatic carbocycles. The van der Waals surface area contributed by atoms with Crippen LogP contribution in [-0.2, 0) is 11.3 Å². The van der Waals surface area contributed by atoms with Crippen LogP contribution in [-0.4, -0.2) is 26.1 Å². The first-order chi connectivity index (χ1) is 6.13. The lowest BCUT2D eigenvalue weighted by atomic mass is 10.6. The smallest absolute Gasteiger partial charge is 0.255 e. The Morgan fingerprint density at radius 3 is 2.92 bits per heavy atom. The molecule has 0 atom stereocenters. The van der Waals surface area contributed by atoms with E-state index < -0.39 is 5.91 Å². The second kappa shape index (κ2) is 3.85. The number of nitrogens with zero attached hydrogens (tertiary/aromatic N) is 3. The van der Waals surface area contributed by atoms with Crippen LogP contribution in [0.5, 0.6) is 0 Å². The first-order valence-corrected chi connectivity index (χ1v) is 3.33. The van der Waals surface area contributed by atoms with Gasteiger partial charge in [-0.3, -0.25) is 25.3 Å². The van der Waals surface area contributed by atoms with Gasteiger partial charge in [0, 0.05) is 0 Å². The fourth-order valence-electron chi connectivity index (χ4n) is 0.735. The number of hydrogen-bond acceptors (Lipinski definition) is 6. The lowest BCUT2D eigenvalue weighted by Gasteiger charge is -2.02. The molecule has 1 heterocycles. The molecule has 72 valence electrons. The van der Waals surface area contributed by atoms with E-state index in [0.29, 0.717) is 0 Å². The van der Waals surface area contributed by atoms with Crippen molar-refractivity contribution in [3.8, 4) is 0 Å². The highest BCUT2D eigenvalue weighted by Gasteiger charge is 2.05. The molecule has 8 nitrogen and oxygen atoms in total. The van der Waals surface area contributed by atoms with E-state index in [9.17, 15) is 4.79 Å². The third-order valence-corrected chi connectivity index (χ3v) is 1.32. The van der Waals surface area contributed by atoms with Crippen LogP contribution in [0.15, 0.2) is 12.4 Å². The molecule has 0 bridgehead atoms. The minimum Gasteiger partial charge on any atom is -0.293 e. The molecule has 1 aromatic heterocycles. The fourth-order valence-corrected chi connectivity index (χ4v) is 0.735. The number of nitrogens with two attached hydrogens (primary N) is 1. The summed E-state index contributed by atoms with van der Waals surface area (Å²) in [7, 11) is 0. The average molecular weight is 187 g/mol. The minimum atomic E-state index is -0.433. The van der Waals surface area contributed by atoms with Crippen molar-refractivity contribution in [2.75, 3.05) is 5.23 Å². The van der Waals surface area contributed by atoms with Gasteiger partial charge < -0.3 is 0 Å². The Labute approximate surface area is 73.0 Å². The van der Waals surface area contributed by atoms with Crippen LogP contribution in [0.25, 0.3) is 0 Å². The summed E-state index contributed by atoms with van der Waals surface area (Å²) in [6.07, 6.45) is 2.46. The van der Waals surface area contributed by atoms with Gasteiger partial charge in [-0.05, 0) is 0 Å². The molecule has 0 spiro atoms. The van der Waals surface area contributed by atoms with Crippen molar-refractivity contribution in [3.05, 3.63) is 12.4 Å². The Kier molecular flexibility index (Phi) is 2.80. The Hall–Kier alpha value is -1.64. The van der Waals surface area contributed by atoms with E-state index in [1.165, 1.54) is 17.1 Å². The molecule has 0 radical (unpaired) electrons. The van der Waals surface area contributed by atoms with Crippen molar-refractivity contribution >= 4 is 11.6 Å². The van der Waals surface area contributed by atoms with E-state index in [4.69, 9.17) is 16.3 Å². The van der Waals surface area contributed by atoms with Crippen molar-refractivity contribution < 1.29 is 15.2 Å². The molecule has 5 N–H and O–H groups in total. The molecule has 8 heteroatoms. The van der Waals surface area contributed by atoms with E-state index >= 15 is 0 Å². The van der Waals surface area contributed by atoms with Crippen molar-refractivity contribution in [1.29, 1.82) is 0 Å². The average Bonchev–Trinajstić information content (AvgIpc) is 2.52. The zero-order valence-electron chi connectivity index (χ0n) is 6.58. The Bertz CT molecular complexity index is 296. The molecule has 1 amide bonds. The lowest BCUT2D eigenvalue weighted by Crippen LogP contribution is -2.33. The van der Waals surface area contributed by atoms with Crippen molar-refractivity contribution in [1.82, 2.24) is 15.2 Å². The lowest BCUT2D eigenvalue weighted by molar-refractivity contribution is -0.121. The van der Waals surface area contributed by atoms with Gasteiger partial charge in [0.15, 0.2) is 0 Å². The van der Waals surface area contributed by atoms with Gasteiger partial charge in [-0.2, -0.15) is 5.10 Å². The summed E-state index contributed by atoms with van der Waals surface area (Å²) in [5.41, 5.74) is 1.97. The summed E-state index contributed by atoms with van der Waals surface area (Å²) < 4.78 is 1.21. The molecule has 0 saturated heterocycles. The molecule has 1 aromatic rings. The maximum atomic E-state index is 10.7. The number of carbonyl (C=O) groups excluding carboxylic acids is 1. The molecule has 0 unspecified atom stereocenters. The van der Waals surface area contributed by atoms with Crippen LogP contribution in [0.2, 0.25) is 0 Å². The molecule has 0 aliphatic heterocycles. The highest BCUT2D eigenvalue weighted by molar-refractivity contribution is 5.74. The number of aromatic nitrogens is 2. The molecule has 0 aliphatic rings. The molecule has 0 fully saturated rings. The maximum absolute atomic E-state index is 10.7. The summed E-state index contributed by atoms with van der Waals surface area (Å²) in [5, 5.41) is 20.6. The Morgan fingerprint density at radius 2 is 2.46 bits per heavy atom. The van der Waals surface area contributed by atoms with Crippen LogP contribution in [0, 0.1) is 0 Å². The minimum absolute atomic E-state index is 0.0600. The first-order valence-electron chi connectivity index (χ1n) is 3.33. The predicted octanol–water partition coefficient (Wildman–Crippen LogP) is -1.54. The first kappa shape index (κ1) is 9.45. The summed E-state index contributed by atoms with van der Waals surface area (Å²) >= 11 is 0. The van der Waals surface area contributed by atoms with Gasteiger partial charge >= 0.3 is 0 Å². The number of carbonyl (C=O) groups is 1.